The van der Waals surface area contributed by atoms with Crippen molar-refractivity contribution in [3.05, 3.63) is 36.4 Å². The predicted octanol–water partition coefficient (Wildman–Crippen LogP) is 3.15. The van der Waals surface area contributed by atoms with E-state index in [1.807, 2.05) is 36.4 Å². The van der Waals surface area contributed by atoms with Crippen LogP contribution in [-0.4, -0.2) is 22.6 Å². The maximum Gasteiger partial charge on any atom is 0.306 e. The molecule has 4 heteroatoms. The maximum absolute atomic E-state index is 10.7. The van der Waals surface area contributed by atoms with E-state index in [4.69, 9.17) is 5.11 Å². The van der Waals surface area contributed by atoms with Crippen molar-refractivity contribution in [1.82, 2.24) is 4.98 Å². The van der Waals surface area contributed by atoms with Crippen molar-refractivity contribution in [3.8, 4) is 0 Å². The molecule has 1 heterocycles. The van der Waals surface area contributed by atoms with Crippen LogP contribution in [0.5, 0.6) is 0 Å². The normalized spacial score (nSPS) is 12.3. The lowest BCUT2D eigenvalue weighted by molar-refractivity contribution is -0.141. The maximum atomic E-state index is 10.7. The Morgan fingerprint density at radius 3 is 2.89 bits per heavy atom. The van der Waals surface area contributed by atoms with E-state index in [1.54, 1.807) is 6.92 Å². The quantitative estimate of drug-likeness (QED) is 0.781. The van der Waals surface area contributed by atoms with E-state index in [9.17, 15) is 4.79 Å². The van der Waals surface area contributed by atoms with Gasteiger partial charge in [0.1, 0.15) is 5.82 Å². The Morgan fingerprint density at radius 2 is 2.11 bits per heavy atom. The number of nitrogens with zero attached hydrogens (tertiary/aromatic N) is 1. The molecule has 0 saturated heterocycles. The van der Waals surface area contributed by atoms with Crippen LogP contribution >= 0.6 is 0 Å². The van der Waals surface area contributed by atoms with Gasteiger partial charge in [0, 0.05) is 11.9 Å². The van der Waals surface area contributed by atoms with E-state index in [1.165, 1.54) is 0 Å². The zero-order valence-corrected chi connectivity index (χ0v) is 11.0. The Labute approximate surface area is 112 Å². The summed E-state index contributed by atoms with van der Waals surface area (Å²) in [7, 11) is 0. The van der Waals surface area contributed by atoms with Crippen LogP contribution in [0.1, 0.15) is 19.8 Å². The molecule has 0 fully saturated rings. The number of aromatic nitrogens is 1. The number of carbonyl (C=O) groups is 1. The number of nitrogens with one attached hydrogen (secondary N) is 1. The van der Waals surface area contributed by atoms with Crippen LogP contribution in [0.3, 0.4) is 0 Å². The topological polar surface area (TPSA) is 62.2 Å². The van der Waals surface area contributed by atoms with Gasteiger partial charge in [0.05, 0.1) is 11.4 Å². The van der Waals surface area contributed by atoms with E-state index in [0.717, 1.165) is 29.7 Å². The highest BCUT2D eigenvalue weighted by Gasteiger charge is 2.09. The Bertz CT molecular complexity index is 569. The fraction of sp³-hybridized carbons (Fsp3) is 0.333. The second-order valence-corrected chi connectivity index (χ2v) is 4.70. The number of carboxylic acids is 1. The third-order valence-electron chi connectivity index (χ3n) is 3.14. The van der Waals surface area contributed by atoms with Crippen LogP contribution in [0.4, 0.5) is 5.82 Å². The number of benzene rings is 1. The minimum atomic E-state index is -0.733. The summed E-state index contributed by atoms with van der Waals surface area (Å²) in [4.78, 5) is 15.2. The van der Waals surface area contributed by atoms with Gasteiger partial charge in [-0.05, 0) is 31.0 Å². The van der Waals surface area contributed by atoms with Crippen LogP contribution in [-0.2, 0) is 4.79 Å². The summed E-state index contributed by atoms with van der Waals surface area (Å²) in [6.45, 7) is 2.47. The first-order valence-corrected chi connectivity index (χ1v) is 6.49. The van der Waals surface area contributed by atoms with Gasteiger partial charge in [-0.25, -0.2) is 4.98 Å². The van der Waals surface area contributed by atoms with E-state index < -0.39 is 5.97 Å². The fourth-order valence-corrected chi connectivity index (χ4v) is 1.91. The third kappa shape index (κ3) is 3.68. The highest BCUT2D eigenvalue weighted by molar-refractivity contribution is 5.80. The predicted molar refractivity (Wildman–Crippen MR) is 76.3 cm³/mol. The average molecular weight is 258 g/mol. The van der Waals surface area contributed by atoms with Gasteiger partial charge >= 0.3 is 5.97 Å². The second-order valence-electron chi connectivity index (χ2n) is 4.70. The summed E-state index contributed by atoms with van der Waals surface area (Å²) in [6.07, 6.45) is 1.50. The molecule has 100 valence electrons. The van der Waals surface area contributed by atoms with Gasteiger partial charge in [-0.1, -0.05) is 25.1 Å². The Hall–Kier alpha value is -2.10. The number of rotatable bonds is 6. The van der Waals surface area contributed by atoms with Gasteiger partial charge in [-0.2, -0.15) is 0 Å². The van der Waals surface area contributed by atoms with Crippen LogP contribution in [0, 0.1) is 5.92 Å². The molecule has 19 heavy (non-hydrogen) atoms. The number of carboxylic acid groups (broad SMARTS) is 1. The molecule has 0 aliphatic carbocycles. The second kappa shape index (κ2) is 6.18. The number of para-hydroxylation sites is 1. The molecule has 0 saturated carbocycles. The summed E-state index contributed by atoms with van der Waals surface area (Å²) in [6, 6.07) is 11.9. The summed E-state index contributed by atoms with van der Waals surface area (Å²) >= 11 is 0. The first kappa shape index (κ1) is 13.3. The Morgan fingerprint density at radius 1 is 1.32 bits per heavy atom. The van der Waals surface area contributed by atoms with Gasteiger partial charge < -0.3 is 10.4 Å². The van der Waals surface area contributed by atoms with Crippen molar-refractivity contribution in [3.63, 3.8) is 0 Å². The highest BCUT2D eigenvalue weighted by Crippen LogP contribution is 2.14. The minimum absolute atomic E-state index is 0.286. The number of aliphatic carboxylic acids is 1. The van der Waals surface area contributed by atoms with Gasteiger partial charge in [-0.3, -0.25) is 4.79 Å². The standard InChI is InChI=1S/C15H18N2O2/c1-11(15(18)19)5-4-10-16-14-9-8-12-6-2-3-7-13(12)17-14/h2-3,6-9,11H,4-5,10H2,1H3,(H,16,17)(H,18,19). The number of anilines is 1. The van der Waals surface area contributed by atoms with Crippen LogP contribution in [0.25, 0.3) is 10.9 Å². The summed E-state index contributed by atoms with van der Waals surface area (Å²) in [5, 5.41) is 13.1. The Balaban J connectivity index is 1.86. The van der Waals surface area contributed by atoms with Gasteiger partial charge in [0.15, 0.2) is 0 Å². The summed E-state index contributed by atoms with van der Waals surface area (Å²) < 4.78 is 0. The third-order valence-corrected chi connectivity index (χ3v) is 3.14. The molecular weight excluding hydrogens is 240 g/mol. The minimum Gasteiger partial charge on any atom is -0.481 e. The zero-order valence-electron chi connectivity index (χ0n) is 11.0. The monoisotopic (exact) mass is 258 g/mol. The fourth-order valence-electron chi connectivity index (χ4n) is 1.91. The van der Waals surface area contributed by atoms with E-state index >= 15 is 0 Å². The molecular formula is C15H18N2O2. The van der Waals surface area contributed by atoms with Crippen molar-refractivity contribution in [2.75, 3.05) is 11.9 Å². The van der Waals surface area contributed by atoms with Gasteiger partial charge in [-0.15, -0.1) is 0 Å². The van der Waals surface area contributed by atoms with Crippen LogP contribution in [0.2, 0.25) is 0 Å². The van der Waals surface area contributed by atoms with Gasteiger partial charge in [0.2, 0.25) is 0 Å². The highest BCUT2D eigenvalue weighted by atomic mass is 16.4. The first-order chi connectivity index (χ1) is 9.16. The largest absolute Gasteiger partial charge is 0.481 e. The number of hydrogen-bond acceptors (Lipinski definition) is 3. The molecule has 2 N–H and O–H groups in total. The molecule has 2 rings (SSSR count). The zero-order chi connectivity index (χ0) is 13.7. The summed E-state index contributed by atoms with van der Waals surface area (Å²) in [5.41, 5.74) is 0.964. The lowest BCUT2D eigenvalue weighted by Gasteiger charge is -2.08. The molecule has 1 aromatic carbocycles. The smallest absolute Gasteiger partial charge is 0.306 e. The van der Waals surface area contributed by atoms with Crippen molar-refractivity contribution in [2.24, 2.45) is 5.92 Å². The molecule has 0 amide bonds. The van der Waals surface area contributed by atoms with Crippen molar-refractivity contribution < 1.29 is 9.90 Å². The van der Waals surface area contributed by atoms with E-state index in [2.05, 4.69) is 10.3 Å². The lowest BCUT2D eigenvalue weighted by Crippen LogP contribution is -2.11. The molecule has 1 aromatic heterocycles. The Kier molecular flexibility index (Phi) is 4.34. The molecule has 2 aromatic rings. The molecule has 0 aliphatic rings. The molecule has 0 radical (unpaired) electrons. The number of hydrogen-bond donors (Lipinski definition) is 2. The van der Waals surface area contributed by atoms with Crippen LogP contribution in [0.15, 0.2) is 36.4 Å². The van der Waals surface area contributed by atoms with Crippen molar-refractivity contribution >= 4 is 22.7 Å². The lowest BCUT2D eigenvalue weighted by atomic mass is 10.1. The molecule has 0 spiro atoms. The SMILES string of the molecule is CC(CCCNc1ccc2ccccc2n1)C(=O)O. The van der Waals surface area contributed by atoms with Gasteiger partial charge in [0.25, 0.3) is 0 Å². The first-order valence-electron chi connectivity index (χ1n) is 6.49. The molecule has 4 nitrogen and oxygen atoms in total. The summed E-state index contributed by atoms with van der Waals surface area (Å²) in [5.74, 6) is -0.183. The molecule has 1 atom stereocenters. The molecule has 0 bridgehead atoms. The van der Waals surface area contributed by atoms with E-state index in [-0.39, 0.29) is 5.92 Å². The number of pyridine rings is 1. The van der Waals surface area contributed by atoms with Crippen molar-refractivity contribution in [1.29, 1.82) is 0 Å². The average Bonchev–Trinajstić information content (AvgIpc) is 2.43. The van der Waals surface area contributed by atoms with Crippen molar-refractivity contribution in [2.45, 2.75) is 19.8 Å². The van der Waals surface area contributed by atoms with Crippen LogP contribution < -0.4 is 5.32 Å². The van der Waals surface area contributed by atoms with E-state index in [0.29, 0.717) is 6.42 Å². The molecule has 0 aliphatic heterocycles. The molecule has 1 unspecified atom stereocenters. The number of fused-ring (bicyclic) bond motifs is 1.